The number of nitrogens with zero attached hydrogens (tertiary/aromatic N) is 1. The monoisotopic (exact) mass is 478 g/mol. The summed E-state index contributed by atoms with van der Waals surface area (Å²) in [6.07, 6.45) is 3.14. The average molecular weight is 479 g/mol. The molecule has 2 aromatic rings. The number of carbonyl (C=O) groups excluding carboxylic acids is 2. The Hall–Kier alpha value is -3.35. The molecule has 1 saturated carbocycles. The molecule has 2 amide bonds. The van der Waals surface area contributed by atoms with Gasteiger partial charge >= 0.3 is 12.1 Å². The summed E-state index contributed by atoms with van der Waals surface area (Å²) in [5.41, 5.74) is 4.47. The predicted molar refractivity (Wildman–Crippen MR) is 133 cm³/mol. The van der Waals surface area contributed by atoms with Crippen molar-refractivity contribution in [3.8, 4) is 11.1 Å². The van der Waals surface area contributed by atoms with Crippen molar-refractivity contribution in [2.75, 3.05) is 13.7 Å². The highest BCUT2D eigenvalue weighted by atomic mass is 16.5. The first-order valence-electron chi connectivity index (χ1n) is 12.4. The van der Waals surface area contributed by atoms with Crippen LogP contribution in [0, 0.1) is 5.92 Å². The Balaban J connectivity index is 1.42. The molecule has 0 heterocycles. The Morgan fingerprint density at radius 1 is 1.06 bits per heavy atom. The zero-order valence-corrected chi connectivity index (χ0v) is 20.4. The van der Waals surface area contributed by atoms with E-state index in [0.717, 1.165) is 47.9 Å². The van der Waals surface area contributed by atoms with E-state index >= 15 is 0 Å². The van der Waals surface area contributed by atoms with Gasteiger partial charge in [0.1, 0.15) is 12.6 Å². The van der Waals surface area contributed by atoms with Crippen LogP contribution >= 0.6 is 0 Å². The second-order valence-electron chi connectivity index (χ2n) is 9.83. The maximum absolute atomic E-state index is 13.2. The highest BCUT2D eigenvalue weighted by Gasteiger charge is 2.32. The van der Waals surface area contributed by atoms with Gasteiger partial charge in [-0.15, -0.1) is 0 Å². The number of hydrogen-bond acceptors (Lipinski definition) is 4. The molecule has 0 spiro atoms. The number of aliphatic carboxylic acids is 1. The fourth-order valence-electron chi connectivity index (χ4n) is 5.49. The van der Waals surface area contributed by atoms with Gasteiger partial charge in [0.15, 0.2) is 0 Å². The maximum atomic E-state index is 13.2. The van der Waals surface area contributed by atoms with E-state index in [1.54, 1.807) is 11.9 Å². The van der Waals surface area contributed by atoms with E-state index in [1.807, 2.05) is 36.4 Å². The van der Waals surface area contributed by atoms with Crippen molar-refractivity contribution in [2.45, 2.75) is 63.5 Å². The van der Waals surface area contributed by atoms with Gasteiger partial charge in [0.25, 0.3) is 0 Å². The second kappa shape index (κ2) is 10.9. The number of amides is 2. The van der Waals surface area contributed by atoms with Gasteiger partial charge in [0.2, 0.25) is 5.91 Å². The topological polar surface area (TPSA) is 95.9 Å². The fraction of sp³-hybridized carbons (Fsp3) is 0.464. The molecule has 4 rings (SSSR count). The summed E-state index contributed by atoms with van der Waals surface area (Å²) in [4.78, 5) is 38.9. The Morgan fingerprint density at radius 2 is 1.69 bits per heavy atom. The lowest BCUT2D eigenvalue weighted by Gasteiger charge is -2.36. The molecule has 0 aliphatic heterocycles. The summed E-state index contributed by atoms with van der Waals surface area (Å²) in [6.45, 7) is 2.32. The number of ether oxygens (including phenoxy) is 1. The molecular formula is C28H34N2O5. The molecular weight excluding hydrogens is 444 g/mol. The van der Waals surface area contributed by atoms with E-state index in [1.165, 1.54) is 0 Å². The van der Waals surface area contributed by atoms with Crippen LogP contribution in [0.5, 0.6) is 0 Å². The summed E-state index contributed by atoms with van der Waals surface area (Å²) in [6, 6.07) is 15.3. The minimum Gasteiger partial charge on any atom is -0.481 e. The number of benzene rings is 2. The maximum Gasteiger partial charge on any atom is 0.407 e. The van der Waals surface area contributed by atoms with Gasteiger partial charge in [-0.25, -0.2) is 4.79 Å². The van der Waals surface area contributed by atoms with Gasteiger partial charge < -0.3 is 20.1 Å². The van der Waals surface area contributed by atoms with Crippen molar-refractivity contribution < 1.29 is 24.2 Å². The van der Waals surface area contributed by atoms with E-state index < -0.39 is 18.1 Å². The van der Waals surface area contributed by atoms with Crippen molar-refractivity contribution in [3.05, 3.63) is 59.7 Å². The van der Waals surface area contributed by atoms with Gasteiger partial charge in [-0.3, -0.25) is 9.59 Å². The summed E-state index contributed by atoms with van der Waals surface area (Å²) in [5, 5.41) is 11.8. The minimum absolute atomic E-state index is 0.0188. The standard InChI is InChI=1S/C28H34N2O5/c1-18-8-7-9-19(16-18)30(2)27(33)25(14-15-26(31)32)29-28(34)35-17-24-22-12-5-3-10-20(22)21-11-4-6-13-23(21)24/h3-6,10-13,18-19,24-25H,7-9,14-17H2,1-2H3,(H,29,34)(H,31,32). The zero-order chi connectivity index (χ0) is 24.9. The van der Waals surface area contributed by atoms with E-state index in [2.05, 4.69) is 24.4 Å². The third kappa shape index (κ3) is 5.66. The number of alkyl carbamates (subject to hydrolysis) is 1. The smallest absolute Gasteiger partial charge is 0.407 e. The molecule has 7 nitrogen and oxygen atoms in total. The van der Waals surface area contributed by atoms with Crippen LogP contribution in [0.25, 0.3) is 11.1 Å². The summed E-state index contributed by atoms with van der Waals surface area (Å²) in [7, 11) is 1.75. The lowest BCUT2D eigenvalue weighted by Crippen LogP contribution is -2.51. The molecule has 186 valence electrons. The van der Waals surface area contributed by atoms with Gasteiger partial charge in [0.05, 0.1) is 0 Å². The molecule has 0 aromatic heterocycles. The normalized spacial score (nSPS) is 19.8. The molecule has 7 heteroatoms. The van der Waals surface area contributed by atoms with Crippen molar-refractivity contribution in [1.82, 2.24) is 10.2 Å². The van der Waals surface area contributed by atoms with Crippen LogP contribution in [0.3, 0.4) is 0 Å². The molecule has 3 atom stereocenters. The minimum atomic E-state index is -1.01. The van der Waals surface area contributed by atoms with Crippen molar-refractivity contribution >= 4 is 18.0 Å². The molecule has 0 radical (unpaired) electrons. The van der Waals surface area contributed by atoms with Crippen LogP contribution in [-0.4, -0.2) is 53.7 Å². The number of fused-ring (bicyclic) bond motifs is 3. The first kappa shape index (κ1) is 24.8. The van der Waals surface area contributed by atoms with Crippen LogP contribution in [-0.2, 0) is 14.3 Å². The third-order valence-electron chi connectivity index (χ3n) is 7.38. The zero-order valence-electron chi connectivity index (χ0n) is 20.4. The number of carboxylic acid groups (broad SMARTS) is 1. The molecule has 3 unspecified atom stereocenters. The molecule has 35 heavy (non-hydrogen) atoms. The van der Waals surface area contributed by atoms with E-state index in [-0.39, 0.29) is 37.3 Å². The number of carboxylic acids is 1. The largest absolute Gasteiger partial charge is 0.481 e. The lowest BCUT2D eigenvalue weighted by atomic mass is 9.86. The van der Waals surface area contributed by atoms with Gasteiger partial charge in [-0.05, 0) is 47.4 Å². The molecule has 2 N–H and O–H groups in total. The molecule has 2 aliphatic carbocycles. The Labute approximate surface area is 206 Å². The number of rotatable bonds is 8. The number of likely N-dealkylation sites (N-methyl/N-ethyl adjacent to an activating group) is 1. The Kier molecular flexibility index (Phi) is 7.73. The number of nitrogens with one attached hydrogen (secondary N) is 1. The first-order chi connectivity index (χ1) is 16.8. The molecule has 2 aliphatic rings. The van der Waals surface area contributed by atoms with Gasteiger partial charge in [0, 0.05) is 25.4 Å². The third-order valence-corrected chi connectivity index (χ3v) is 7.38. The molecule has 2 aromatic carbocycles. The quantitative estimate of drug-likeness (QED) is 0.568. The first-order valence-corrected chi connectivity index (χ1v) is 12.4. The Bertz CT molecular complexity index is 1040. The number of carbonyl (C=O) groups is 3. The summed E-state index contributed by atoms with van der Waals surface area (Å²) < 4.78 is 5.60. The van der Waals surface area contributed by atoms with Gasteiger partial charge in [-0.1, -0.05) is 68.3 Å². The summed E-state index contributed by atoms with van der Waals surface area (Å²) >= 11 is 0. The van der Waals surface area contributed by atoms with Gasteiger partial charge in [-0.2, -0.15) is 0 Å². The summed E-state index contributed by atoms with van der Waals surface area (Å²) in [5.74, 6) is -0.825. The van der Waals surface area contributed by atoms with Crippen LogP contribution in [0.2, 0.25) is 0 Å². The molecule has 0 saturated heterocycles. The second-order valence-corrected chi connectivity index (χ2v) is 9.83. The van der Waals surface area contributed by atoms with E-state index in [0.29, 0.717) is 5.92 Å². The van der Waals surface area contributed by atoms with E-state index in [9.17, 15) is 14.4 Å². The number of hydrogen-bond donors (Lipinski definition) is 2. The van der Waals surface area contributed by atoms with E-state index in [4.69, 9.17) is 9.84 Å². The highest BCUT2D eigenvalue weighted by Crippen LogP contribution is 2.44. The lowest BCUT2D eigenvalue weighted by molar-refractivity contribution is -0.138. The van der Waals surface area contributed by atoms with Crippen LogP contribution < -0.4 is 5.32 Å². The van der Waals surface area contributed by atoms with Crippen LogP contribution in [0.1, 0.15) is 62.5 Å². The highest BCUT2D eigenvalue weighted by molar-refractivity contribution is 5.86. The van der Waals surface area contributed by atoms with Crippen molar-refractivity contribution in [1.29, 1.82) is 0 Å². The molecule has 1 fully saturated rings. The SMILES string of the molecule is CC1CCCC(N(C)C(=O)C(CCC(=O)O)NC(=O)OCC2c3ccccc3-c3ccccc32)C1. The van der Waals surface area contributed by atoms with Crippen molar-refractivity contribution in [2.24, 2.45) is 5.92 Å². The average Bonchev–Trinajstić information content (AvgIpc) is 3.18. The fourth-order valence-corrected chi connectivity index (χ4v) is 5.49. The predicted octanol–water partition coefficient (Wildman–Crippen LogP) is 4.80. The van der Waals surface area contributed by atoms with Crippen molar-refractivity contribution in [3.63, 3.8) is 0 Å². The van der Waals surface area contributed by atoms with Crippen LogP contribution in [0.4, 0.5) is 4.79 Å². The Morgan fingerprint density at radius 3 is 2.29 bits per heavy atom. The molecule has 0 bridgehead atoms. The van der Waals surface area contributed by atoms with Crippen LogP contribution in [0.15, 0.2) is 48.5 Å².